The highest BCUT2D eigenvalue weighted by molar-refractivity contribution is 5.78. The fourth-order valence-corrected chi connectivity index (χ4v) is 2.97. The Kier molecular flexibility index (Phi) is 3.45. The number of nitrogens with two attached hydrogens (primary N) is 1. The van der Waals surface area contributed by atoms with Crippen LogP contribution in [0.4, 0.5) is 21.5 Å². The molecule has 21 heavy (non-hydrogen) atoms. The molecule has 3 nitrogen and oxygen atoms in total. The number of rotatable bonds is 2. The Morgan fingerprint density at radius 2 is 2.00 bits per heavy atom. The van der Waals surface area contributed by atoms with E-state index in [4.69, 9.17) is 10.5 Å². The molecule has 1 atom stereocenters. The average molecular weight is 286 g/mol. The van der Waals surface area contributed by atoms with Gasteiger partial charge in [-0.3, -0.25) is 0 Å². The molecule has 0 aliphatic carbocycles. The van der Waals surface area contributed by atoms with E-state index in [2.05, 4.69) is 24.0 Å². The molecule has 1 aliphatic heterocycles. The van der Waals surface area contributed by atoms with Crippen molar-refractivity contribution >= 4 is 17.1 Å². The first kappa shape index (κ1) is 13.7. The molecule has 2 aromatic carbocycles. The van der Waals surface area contributed by atoms with Crippen molar-refractivity contribution < 1.29 is 9.13 Å². The van der Waals surface area contributed by atoms with Crippen LogP contribution in [0.15, 0.2) is 36.4 Å². The zero-order valence-electron chi connectivity index (χ0n) is 12.3. The van der Waals surface area contributed by atoms with Crippen LogP contribution in [0, 0.1) is 11.7 Å². The first-order valence-corrected chi connectivity index (χ1v) is 7.08. The van der Waals surface area contributed by atoms with Crippen molar-refractivity contribution in [2.75, 3.05) is 24.3 Å². The summed E-state index contributed by atoms with van der Waals surface area (Å²) < 4.78 is 18.8. The van der Waals surface area contributed by atoms with Crippen LogP contribution in [0.2, 0.25) is 0 Å². The summed E-state index contributed by atoms with van der Waals surface area (Å²) in [6.07, 6.45) is 1.05. The van der Waals surface area contributed by atoms with E-state index >= 15 is 0 Å². The quantitative estimate of drug-likeness (QED) is 0.855. The highest BCUT2D eigenvalue weighted by Crippen LogP contribution is 2.40. The number of ether oxygens (including phenoxy) is 1. The van der Waals surface area contributed by atoms with Crippen LogP contribution >= 0.6 is 0 Å². The molecule has 110 valence electrons. The third-order valence-corrected chi connectivity index (χ3v) is 3.94. The van der Waals surface area contributed by atoms with Gasteiger partial charge in [0.05, 0.1) is 18.5 Å². The normalized spacial score (nSPS) is 17.5. The molecule has 0 bridgehead atoms. The number of nitrogens with zero attached hydrogens (tertiary/aromatic N) is 1. The smallest absolute Gasteiger partial charge is 0.167 e. The molecule has 3 rings (SSSR count). The molecule has 1 heterocycles. The molecule has 0 saturated heterocycles. The lowest BCUT2D eigenvalue weighted by Crippen LogP contribution is -2.31. The lowest BCUT2D eigenvalue weighted by atomic mass is 9.93. The van der Waals surface area contributed by atoms with Crippen molar-refractivity contribution in [1.82, 2.24) is 0 Å². The Morgan fingerprint density at radius 1 is 1.24 bits per heavy atom. The van der Waals surface area contributed by atoms with Crippen LogP contribution < -0.4 is 15.4 Å². The molecule has 0 amide bonds. The summed E-state index contributed by atoms with van der Waals surface area (Å²) in [4.78, 5) is 2.15. The zero-order valence-corrected chi connectivity index (χ0v) is 12.3. The Labute approximate surface area is 124 Å². The first-order chi connectivity index (χ1) is 10.1. The summed E-state index contributed by atoms with van der Waals surface area (Å²) in [6, 6.07) is 11.3. The Morgan fingerprint density at radius 3 is 2.76 bits per heavy atom. The highest BCUT2D eigenvalue weighted by Gasteiger charge is 2.24. The number of fused-ring (bicyclic) bond motifs is 1. The van der Waals surface area contributed by atoms with Gasteiger partial charge in [0, 0.05) is 24.4 Å². The van der Waals surface area contributed by atoms with Gasteiger partial charge in [0.25, 0.3) is 0 Å². The van der Waals surface area contributed by atoms with Crippen molar-refractivity contribution in [3.05, 3.63) is 47.8 Å². The van der Waals surface area contributed by atoms with Crippen LogP contribution in [-0.2, 0) is 6.42 Å². The van der Waals surface area contributed by atoms with Crippen molar-refractivity contribution in [3.63, 3.8) is 0 Å². The van der Waals surface area contributed by atoms with E-state index in [9.17, 15) is 4.39 Å². The number of hydrogen-bond donors (Lipinski definition) is 1. The SMILES string of the molecule is COc1cc(N2CC(C)Cc3ccccc32)c(N)cc1F. The maximum Gasteiger partial charge on any atom is 0.167 e. The maximum atomic E-state index is 13.7. The third kappa shape index (κ3) is 2.42. The molecule has 1 aliphatic rings. The monoisotopic (exact) mass is 286 g/mol. The Bertz CT molecular complexity index is 672. The van der Waals surface area contributed by atoms with Crippen molar-refractivity contribution in [1.29, 1.82) is 0 Å². The van der Waals surface area contributed by atoms with Crippen molar-refractivity contribution in [3.8, 4) is 5.75 Å². The van der Waals surface area contributed by atoms with Gasteiger partial charge in [0.15, 0.2) is 11.6 Å². The van der Waals surface area contributed by atoms with Crippen molar-refractivity contribution in [2.24, 2.45) is 5.92 Å². The molecule has 0 aromatic heterocycles. The molecule has 4 heteroatoms. The second-order valence-corrected chi connectivity index (χ2v) is 5.59. The van der Waals surface area contributed by atoms with Gasteiger partial charge in [-0.2, -0.15) is 0 Å². The fourth-order valence-electron chi connectivity index (χ4n) is 2.97. The van der Waals surface area contributed by atoms with Gasteiger partial charge in [0.1, 0.15) is 0 Å². The van der Waals surface area contributed by atoms with Crippen LogP contribution in [0.5, 0.6) is 5.75 Å². The van der Waals surface area contributed by atoms with E-state index in [1.807, 2.05) is 12.1 Å². The van der Waals surface area contributed by atoms with E-state index in [0.717, 1.165) is 24.3 Å². The van der Waals surface area contributed by atoms with Crippen LogP contribution in [0.25, 0.3) is 0 Å². The van der Waals surface area contributed by atoms with Gasteiger partial charge in [0.2, 0.25) is 0 Å². The molecule has 0 fully saturated rings. The Balaban J connectivity index is 2.12. The molecule has 2 aromatic rings. The standard InChI is InChI=1S/C17H19FN2O/c1-11-7-12-5-3-4-6-15(12)20(10-11)16-9-17(21-2)13(18)8-14(16)19/h3-6,8-9,11H,7,10,19H2,1-2H3. The largest absolute Gasteiger partial charge is 0.494 e. The number of halogens is 1. The zero-order chi connectivity index (χ0) is 15.0. The highest BCUT2D eigenvalue weighted by atomic mass is 19.1. The second-order valence-electron chi connectivity index (χ2n) is 5.59. The van der Waals surface area contributed by atoms with E-state index in [1.54, 1.807) is 6.07 Å². The molecule has 1 unspecified atom stereocenters. The molecular weight excluding hydrogens is 267 g/mol. The lowest BCUT2D eigenvalue weighted by Gasteiger charge is -2.35. The van der Waals surface area contributed by atoms with Gasteiger partial charge < -0.3 is 15.4 Å². The van der Waals surface area contributed by atoms with Gasteiger partial charge >= 0.3 is 0 Å². The molecule has 0 spiro atoms. The molecular formula is C17H19FN2O. The predicted octanol–water partition coefficient (Wildman–Crippen LogP) is 3.75. The van der Waals surface area contributed by atoms with E-state index in [1.165, 1.54) is 18.7 Å². The summed E-state index contributed by atoms with van der Waals surface area (Å²) in [6.45, 7) is 3.07. The minimum Gasteiger partial charge on any atom is -0.494 e. The van der Waals surface area contributed by atoms with Crippen LogP contribution in [-0.4, -0.2) is 13.7 Å². The minimum absolute atomic E-state index is 0.218. The van der Waals surface area contributed by atoms with Crippen LogP contribution in [0.1, 0.15) is 12.5 Å². The number of methoxy groups -OCH3 is 1. The van der Waals surface area contributed by atoms with Crippen molar-refractivity contribution in [2.45, 2.75) is 13.3 Å². The third-order valence-electron chi connectivity index (χ3n) is 3.94. The number of hydrogen-bond acceptors (Lipinski definition) is 3. The summed E-state index contributed by atoms with van der Waals surface area (Å²) in [5, 5.41) is 0. The van der Waals surface area contributed by atoms with Gasteiger partial charge in [-0.25, -0.2) is 4.39 Å². The second kappa shape index (κ2) is 5.28. The lowest BCUT2D eigenvalue weighted by molar-refractivity contribution is 0.386. The predicted molar refractivity (Wildman–Crippen MR) is 83.7 cm³/mol. The number of benzene rings is 2. The number of nitrogen functional groups attached to an aromatic ring is 1. The Hall–Kier alpha value is -2.23. The first-order valence-electron chi connectivity index (χ1n) is 7.08. The van der Waals surface area contributed by atoms with Gasteiger partial charge in [-0.1, -0.05) is 25.1 Å². The number of para-hydroxylation sites is 1. The fraction of sp³-hybridized carbons (Fsp3) is 0.294. The minimum atomic E-state index is -0.433. The van der Waals surface area contributed by atoms with Crippen LogP contribution in [0.3, 0.4) is 0 Å². The van der Waals surface area contributed by atoms with Gasteiger partial charge in [-0.05, 0) is 24.0 Å². The summed E-state index contributed by atoms with van der Waals surface area (Å²) in [7, 11) is 1.46. The van der Waals surface area contributed by atoms with E-state index < -0.39 is 5.82 Å². The number of anilines is 3. The average Bonchev–Trinajstić information content (AvgIpc) is 2.46. The summed E-state index contributed by atoms with van der Waals surface area (Å²) in [5.74, 6) is 0.294. The summed E-state index contributed by atoms with van der Waals surface area (Å²) in [5.41, 5.74) is 9.69. The van der Waals surface area contributed by atoms with Gasteiger partial charge in [-0.15, -0.1) is 0 Å². The van der Waals surface area contributed by atoms with E-state index in [0.29, 0.717) is 11.6 Å². The maximum absolute atomic E-state index is 13.7. The molecule has 0 saturated carbocycles. The summed E-state index contributed by atoms with van der Waals surface area (Å²) >= 11 is 0. The molecule has 2 N–H and O–H groups in total. The molecule has 0 radical (unpaired) electrons. The van der Waals surface area contributed by atoms with E-state index in [-0.39, 0.29) is 5.75 Å². The topological polar surface area (TPSA) is 38.5 Å².